The predicted octanol–water partition coefficient (Wildman–Crippen LogP) is 5.36. The van der Waals surface area contributed by atoms with E-state index in [2.05, 4.69) is 10.3 Å². The first-order valence-corrected chi connectivity index (χ1v) is 10.7. The summed E-state index contributed by atoms with van der Waals surface area (Å²) in [6, 6.07) is 8.01. The number of nitrogens with zero attached hydrogens (tertiary/aromatic N) is 3. The molecule has 3 rings (SSSR count). The molecule has 0 unspecified atom stereocenters. The summed E-state index contributed by atoms with van der Waals surface area (Å²) in [5, 5.41) is 2.96. The number of benzene rings is 1. The summed E-state index contributed by atoms with van der Waals surface area (Å²) in [7, 11) is 5.26. The van der Waals surface area contributed by atoms with Crippen molar-refractivity contribution in [3.05, 3.63) is 53.3 Å². The van der Waals surface area contributed by atoms with Crippen molar-refractivity contribution in [2.24, 2.45) is 0 Å². The first-order chi connectivity index (χ1) is 15.8. The number of hydrogen-bond acceptors (Lipinski definition) is 4. The minimum atomic E-state index is -5.00. The predicted molar refractivity (Wildman–Crippen MR) is 117 cm³/mol. The first kappa shape index (κ1) is 25.6. The molecule has 1 heterocycles. The van der Waals surface area contributed by atoms with Crippen LogP contribution in [-0.4, -0.2) is 44.1 Å². The van der Waals surface area contributed by atoms with E-state index in [1.807, 2.05) is 31.1 Å². The highest BCUT2D eigenvalue weighted by Gasteiger charge is 2.39. The molecule has 1 aliphatic carbocycles. The number of carbonyl (C=O) groups excluding carboxylic acids is 1. The van der Waals surface area contributed by atoms with E-state index in [4.69, 9.17) is 0 Å². The lowest BCUT2D eigenvalue weighted by atomic mass is 9.90. The molecule has 0 radical (unpaired) electrons. The van der Waals surface area contributed by atoms with Crippen molar-refractivity contribution in [2.75, 3.05) is 30.9 Å². The normalized spacial score (nSPS) is 19.0. The molecule has 1 aromatic heterocycles. The van der Waals surface area contributed by atoms with Crippen molar-refractivity contribution in [1.29, 1.82) is 0 Å². The third-order valence-electron chi connectivity index (χ3n) is 6.02. The average molecular weight is 488 g/mol. The molecule has 1 aliphatic rings. The zero-order valence-corrected chi connectivity index (χ0v) is 19.0. The molecule has 2 aromatic rings. The van der Waals surface area contributed by atoms with Crippen LogP contribution in [0, 0.1) is 0 Å². The fourth-order valence-electron chi connectivity index (χ4n) is 4.01. The number of carbonyl (C=O) groups is 1. The highest BCUT2D eigenvalue weighted by molar-refractivity contribution is 5.94. The fourth-order valence-corrected chi connectivity index (χ4v) is 4.01. The van der Waals surface area contributed by atoms with Crippen LogP contribution in [0.15, 0.2) is 36.4 Å². The van der Waals surface area contributed by atoms with E-state index in [0.29, 0.717) is 43.4 Å². The third-order valence-corrected chi connectivity index (χ3v) is 6.02. The number of anilines is 2. The monoisotopic (exact) mass is 488 g/mol. The summed E-state index contributed by atoms with van der Waals surface area (Å²) in [5.74, 6) is -0.221. The summed E-state index contributed by atoms with van der Waals surface area (Å²) in [6.07, 6.45) is -7.87. The molecule has 1 amide bonds. The van der Waals surface area contributed by atoms with Crippen LogP contribution < -0.4 is 15.1 Å². The molecule has 1 fully saturated rings. The van der Waals surface area contributed by atoms with Gasteiger partial charge in [-0.05, 0) is 62.1 Å². The Bertz CT molecular complexity index is 964. The Morgan fingerprint density at radius 3 is 1.79 bits per heavy atom. The van der Waals surface area contributed by atoms with Gasteiger partial charge in [-0.25, -0.2) is 4.98 Å². The molecule has 11 heteroatoms. The van der Waals surface area contributed by atoms with E-state index < -0.39 is 23.7 Å². The van der Waals surface area contributed by atoms with Gasteiger partial charge in [0.05, 0.1) is 0 Å². The summed E-state index contributed by atoms with van der Waals surface area (Å²) in [5.41, 5.74) is -1.88. The Balaban J connectivity index is 1.65. The zero-order chi connectivity index (χ0) is 25.3. The van der Waals surface area contributed by atoms with E-state index in [-0.39, 0.29) is 23.7 Å². The van der Waals surface area contributed by atoms with Crippen molar-refractivity contribution in [3.8, 4) is 0 Å². The van der Waals surface area contributed by atoms with E-state index in [9.17, 15) is 31.1 Å². The van der Waals surface area contributed by atoms with E-state index in [1.54, 1.807) is 12.1 Å². The van der Waals surface area contributed by atoms with Gasteiger partial charge in [0.25, 0.3) is 5.91 Å². The van der Waals surface area contributed by atoms with Gasteiger partial charge >= 0.3 is 12.4 Å². The van der Waals surface area contributed by atoms with Crippen molar-refractivity contribution in [1.82, 2.24) is 10.3 Å². The van der Waals surface area contributed by atoms with E-state index >= 15 is 0 Å². The Hall–Kier alpha value is -2.98. The number of rotatable bonds is 5. The van der Waals surface area contributed by atoms with Gasteiger partial charge < -0.3 is 15.1 Å². The molecule has 5 nitrogen and oxygen atoms in total. The number of pyridine rings is 1. The van der Waals surface area contributed by atoms with Gasteiger partial charge in [0.15, 0.2) is 0 Å². The second-order valence-corrected chi connectivity index (χ2v) is 8.62. The van der Waals surface area contributed by atoms with Gasteiger partial charge in [-0.15, -0.1) is 0 Å². The maximum absolute atomic E-state index is 13.1. The van der Waals surface area contributed by atoms with Gasteiger partial charge in [-0.2, -0.15) is 26.3 Å². The van der Waals surface area contributed by atoms with Gasteiger partial charge in [0, 0.05) is 50.2 Å². The van der Waals surface area contributed by atoms with Gasteiger partial charge in [-0.3, -0.25) is 4.79 Å². The molecule has 0 spiro atoms. The van der Waals surface area contributed by atoms with Crippen LogP contribution in [0.1, 0.15) is 47.4 Å². The topological polar surface area (TPSA) is 48.5 Å². The van der Waals surface area contributed by atoms with E-state index in [1.165, 1.54) is 11.9 Å². The van der Waals surface area contributed by atoms with Crippen LogP contribution in [0.5, 0.6) is 0 Å². The minimum absolute atomic E-state index is 0.125. The molecule has 34 heavy (non-hydrogen) atoms. The van der Waals surface area contributed by atoms with Crippen LogP contribution in [0.4, 0.5) is 37.7 Å². The number of halogens is 6. The second-order valence-electron chi connectivity index (χ2n) is 8.62. The molecule has 0 saturated heterocycles. The van der Waals surface area contributed by atoms with Gasteiger partial charge in [-0.1, -0.05) is 0 Å². The molecule has 1 saturated carbocycles. The number of alkyl halides is 6. The largest absolute Gasteiger partial charge is 0.433 e. The first-order valence-electron chi connectivity index (χ1n) is 10.7. The van der Waals surface area contributed by atoms with Gasteiger partial charge in [0.2, 0.25) is 0 Å². The highest BCUT2D eigenvalue weighted by Crippen LogP contribution is 2.37. The van der Waals surface area contributed by atoms with Gasteiger partial charge in [0.1, 0.15) is 11.4 Å². The molecular formula is C23H26F6N4O. The standard InChI is InChI=1S/C23H26F6N4O/c1-32(2)16-8-4-14(5-9-16)21(34)30-15-6-10-17(11-7-15)33(3)18-12-19(22(24,25)26)31-20(13-18)23(27,28)29/h4-5,8-9,12-13,15,17H,6-7,10-11H2,1-3H3,(H,30,34)/t15-,17+. The SMILES string of the molecule is CN(C)c1ccc(C(=O)N[C@H]2CC[C@@H](N(C)c3cc(C(F)(F)F)nc(C(F)(F)F)c3)CC2)cc1. The Morgan fingerprint density at radius 2 is 1.35 bits per heavy atom. The summed E-state index contributed by atoms with van der Waals surface area (Å²) >= 11 is 0. The number of amides is 1. The molecule has 1 N–H and O–H groups in total. The maximum Gasteiger partial charge on any atom is 0.433 e. The van der Waals surface area contributed by atoms with Crippen LogP contribution >= 0.6 is 0 Å². The van der Waals surface area contributed by atoms with Crippen molar-refractivity contribution >= 4 is 17.3 Å². The zero-order valence-electron chi connectivity index (χ0n) is 19.0. The Morgan fingerprint density at radius 1 is 0.853 bits per heavy atom. The smallest absolute Gasteiger partial charge is 0.378 e. The fraction of sp³-hybridized carbons (Fsp3) is 0.478. The van der Waals surface area contributed by atoms with Crippen LogP contribution in [0.2, 0.25) is 0 Å². The Kier molecular flexibility index (Phi) is 7.32. The highest BCUT2D eigenvalue weighted by atomic mass is 19.4. The summed E-state index contributed by atoms with van der Waals surface area (Å²) in [4.78, 5) is 18.7. The summed E-state index contributed by atoms with van der Waals surface area (Å²) in [6.45, 7) is 0. The summed E-state index contributed by atoms with van der Waals surface area (Å²) < 4.78 is 78.7. The molecule has 1 aromatic carbocycles. The lowest BCUT2D eigenvalue weighted by molar-refractivity contribution is -0.150. The maximum atomic E-state index is 13.1. The number of nitrogens with one attached hydrogen (secondary N) is 1. The molecule has 0 atom stereocenters. The molecule has 0 bridgehead atoms. The lowest BCUT2D eigenvalue weighted by Crippen LogP contribution is -2.43. The van der Waals surface area contributed by atoms with Crippen LogP contribution in [0.25, 0.3) is 0 Å². The number of hydrogen-bond donors (Lipinski definition) is 1. The van der Waals surface area contributed by atoms with Crippen molar-refractivity contribution < 1.29 is 31.1 Å². The van der Waals surface area contributed by atoms with Crippen molar-refractivity contribution in [2.45, 2.75) is 50.1 Å². The van der Waals surface area contributed by atoms with Crippen LogP contribution in [-0.2, 0) is 12.4 Å². The van der Waals surface area contributed by atoms with Crippen molar-refractivity contribution in [3.63, 3.8) is 0 Å². The number of aromatic nitrogens is 1. The van der Waals surface area contributed by atoms with Crippen LogP contribution in [0.3, 0.4) is 0 Å². The Labute approximate surface area is 193 Å². The molecular weight excluding hydrogens is 462 g/mol. The third kappa shape index (κ3) is 6.12. The quantitative estimate of drug-likeness (QED) is 0.576. The molecule has 0 aliphatic heterocycles. The minimum Gasteiger partial charge on any atom is -0.378 e. The van der Waals surface area contributed by atoms with E-state index in [0.717, 1.165) is 5.69 Å². The average Bonchev–Trinajstić information content (AvgIpc) is 2.77. The lowest BCUT2D eigenvalue weighted by Gasteiger charge is -2.36. The second kappa shape index (κ2) is 9.71. The molecule has 186 valence electrons.